The molecule has 7 nitrogen and oxygen atoms in total. The minimum absolute atomic E-state index is 0.0791. The van der Waals surface area contributed by atoms with Crippen LogP contribution in [-0.2, 0) is 4.79 Å². The number of hydrogen-bond acceptors (Lipinski definition) is 4. The van der Waals surface area contributed by atoms with Crippen molar-refractivity contribution in [2.45, 2.75) is 13.0 Å². The van der Waals surface area contributed by atoms with Crippen LogP contribution in [0.2, 0.25) is 0 Å². The zero-order chi connectivity index (χ0) is 20.5. The summed E-state index contributed by atoms with van der Waals surface area (Å²) in [6.45, 7) is 8.52. The van der Waals surface area contributed by atoms with Crippen molar-refractivity contribution in [2.75, 3.05) is 66.5 Å². The number of carbonyl (C=O) groups is 2. The van der Waals surface area contributed by atoms with Crippen LogP contribution < -0.4 is 5.32 Å². The fourth-order valence-corrected chi connectivity index (χ4v) is 5.24. The van der Waals surface area contributed by atoms with Crippen molar-refractivity contribution >= 4 is 11.9 Å². The second-order valence-electron chi connectivity index (χ2n) is 8.88. The summed E-state index contributed by atoms with van der Waals surface area (Å²) in [6, 6.07) is 8.56. The van der Waals surface area contributed by atoms with Crippen LogP contribution in [0.25, 0.3) is 0 Å². The molecule has 0 saturated carbocycles. The maximum absolute atomic E-state index is 12.9. The van der Waals surface area contributed by atoms with Gasteiger partial charge in [0.1, 0.15) is 0 Å². The van der Waals surface area contributed by atoms with Gasteiger partial charge in [-0.2, -0.15) is 0 Å². The first-order valence-electron chi connectivity index (χ1n) is 10.7. The molecule has 4 rings (SSSR count). The Morgan fingerprint density at radius 3 is 2.52 bits per heavy atom. The number of benzene rings is 1. The summed E-state index contributed by atoms with van der Waals surface area (Å²) >= 11 is 0. The lowest BCUT2D eigenvalue weighted by atomic mass is 9.88. The van der Waals surface area contributed by atoms with Gasteiger partial charge in [0.2, 0.25) is 5.91 Å². The topological polar surface area (TPSA) is 59.1 Å². The van der Waals surface area contributed by atoms with Gasteiger partial charge in [0.05, 0.1) is 12.6 Å². The predicted octanol–water partition coefficient (Wildman–Crippen LogP) is 1.01. The molecule has 3 amide bonds. The smallest absolute Gasteiger partial charge is 0.320 e. The Kier molecular flexibility index (Phi) is 5.79. The van der Waals surface area contributed by atoms with E-state index in [0.717, 1.165) is 45.8 Å². The summed E-state index contributed by atoms with van der Waals surface area (Å²) in [4.78, 5) is 33.6. The van der Waals surface area contributed by atoms with Gasteiger partial charge in [-0.15, -0.1) is 0 Å². The first kappa shape index (κ1) is 20.2. The van der Waals surface area contributed by atoms with E-state index in [1.54, 1.807) is 4.90 Å². The molecule has 0 unspecified atom stereocenters. The van der Waals surface area contributed by atoms with Gasteiger partial charge in [-0.1, -0.05) is 24.3 Å². The number of piperazine rings is 1. The highest BCUT2D eigenvalue weighted by atomic mass is 16.2. The monoisotopic (exact) mass is 399 g/mol. The number of carbonyl (C=O) groups excluding carboxylic acids is 2. The maximum Gasteiger partial charge on any atom is 0.320 e. The number of likely N-dealkylation sites (tertiary alicyclic amines) is 2. The van der Waals surface area contributed by atoms with Gasteiger partial charge in [0.15, 0.2) is 0 Å². The van der Waals surface area contributed by atoms with Crippen LogP contribution in [-0.4, -0.2) is 98.0 Å². The van der Waals surface area contributed by atoms with E-state index in [9.17, 15) is 9.59 Å². The number of nitrogens with zero attached hydrogens (tertiary/aromatic N) is 4. The van der Waals surface area contributed by atoms with Crippen molar-refractivity contribution in [1.82, 2.24) is 24.9 Å². The van der Waals surface area contributed by atoms with Crippen molar-refractivity contribution < 1.29 is 9.59 Å². The van der Waals surface area contributed by atoms with E-state index in [0.29, 0.717) is 18.4 Å². The van der Waals surface area contributed by atoms with E-state index in [1.807, 2.05) is 23.9 Å². The Morgan fingerprint density at radius 1 is 1.10 bits per heavy atom. The number of rotatable bonds is 3. The molecule has 7 heteroatoms. The van der Waals surface area contributed by atoms with E-state index in [-0.39, 0.29) is 18.0 Å². The van der Waals surface area contributed by atoms with Crippen LogP contribution in [0.4, 0.5) is 4.79 Å². The van der Waals surface area contributed by atoms with Gasteiger partial charge in [0, 0.05) is 65.8 Å². The molecule has 1 aromatic carbocycles. The molecule has 3 saturated heterocycles. The van der Waals surface area contributed by atoms with Crippen molar-refractivity contribution in [3.8, 4) is 0 Å². The van der Waals surface area contributed by atoms with Crippen molar-refractivity contribution in [2.24, 2.45) is 11.8 Å². The molecule has 1 N–H and O–H groups in total. The SMILES string of the molecule is Cc1ccccc1[C@H]1[C@@H]2CN(CC(=O)N3CCNCC3)C[C@@H]2CN1C(=O)N(C)C. The summed E-state index contributed by atoms with van der Waals surface area (Å²) in [6.07, 6.45) is 0. The fourth-order valence-electron chi connectivity index (χ4n) is 5.24. The molecule has 3 aliphatic rings. The second kappa shape index (κ2) is 8.32. The maximum atomic E-state index is 12.9. The number of amides is 3. The van der Waals surface area contributed by atoms with Crippen LogP contribution >= 0.6 is 0 Å². The Morgan fingerprint density at radius 2 is 1.83 bits per heavy atom. The lowest BCUT2D eigenvalue weighted by molar-refractivity contribution is -0.132. The molecule has 0 aromatic heterocycles. The molecule has 3 atom stereocenters. The molecule has 3 fully saturated rings. The molecular weight excluding hydrogens is 366 g/mol. The normalized spacial score (nSPS) is 27.2. The lowest BCUT2D eigenvalue weighted by Crippen LogP contribution is -2.49. The Bertz CT molecular complexity index is 761. The van der Waals surface area contributed by atoms with Gasteiger partial charge in [-0.3, -0.25) is 9.69 Å². The Labute approximate surface area is 173 Å². The molecule has 1 aromatic rings. The third-order valence-electron chi connectivity index (χ3n) is 6.70. The van der Waals surface area contributed by atoms with Crippen LogP contribution in [0.15, 0.2) is 24.3 Å². The largest absolute Gasteiger partial charge is 0.339 e. The lowest BCUT2D eigenvalue weighted by Gasteiger charge is -2.33. The van der Waals surface area contributed by atoms with Gasteiger partial charge in [0.25, 0.3) is 0 Å². The fraction of sp³-hybridized carbons (Fsp3) is 0.636. The Hall–Kier alpha value is -2.12. The van der Waals surface area contributed by atoms with Gasteiger partial charge in [-0.05, 0) is 24.0 Å². The molecule has 3 aliphatic heterocycles. The standard InChI is InChI=1S/C22H33N5O2/c1-16-6-4-5-7-18(16)21-19-14-25(15-20(28)26-10-8-23-9-11-26)12-17(19)13-27(21)22(29)24(2)3/h4-7,17,19,21,23H,8-15H2,1-3H3/t17-,19-,21+/m1/s1. The molecule has 0 radical (unpaired) electrons. The van der Waals surface area contributed by atoms with Crippen LogP contribution in [0.1, 0.15) is 17.2 Å². The van der Waals surface area contributed by atoms with Crippen LogP contribution in [0, 0.1) is 18.8 Å². The summed E-state index contributed by atoms with van der Waals surface area (Å²) < 4.78 is 0. The first-order valence-corrected chi connectivity index (χ1v) is 10.7. The molecule has 0 bridgehead atoms. The van der Waals surface area contributed by atoms with Crippen LogP contribution in [0.3, 0.4) is 0 Å². The third kappa shape index (κ3) is 3.98. The van der Waals surface area contributed by atoms with Gasteiger partial charge in [-0.25, -0.2) is 4.79 Å². The minimum atomic E-state index is 0.0791. The number of urea groups is 1. The third-order valence-corrected chi connectivity index (χ3v) is 6.70. The number of aryl methyl sites for hydroxylation is 1. The van der Waals surface area contributed by atoms with Crippen molar-refractivity contribution in [3.63, 3.8) is 0 Å². The van der Waals surface area contributed by atoms with Gasteiger partial charge < -0.3 is 20.0 Å². The summed E-state index contributed by atoms with van der Waals surface area (Å²) in [5, 5.41) is 3.30. The number of hydrogen-bond donors (Lipinski definition) is 1. The average molecular weight is 400 g/mol. The molecular formula is C22H33N5O2. The molecule has 29 heavy (non-hydrogen) atoms. The van der Waals surface area contributed by atoms with E-state index in [2.05, 4.69) is 41.4 Å². The van der Waals surface area contributed by atoms with E-state index < -0.39 is 0 Å². The highest BCUT2D eigenvalue weighted by Gasteiger charge is 2.50. The molecule has 3 heterocycles. The van der Waals surface area contributed by atoms with Crippen LogP contribution in [0.5, 0.6) is 0 Å². The summed E-state index contributed by atoms with van der Waals surface area (Å²) in [5.74, 6) is 1.02. The first-order chi connectivity index (χ1) is 14.0. The molecule has 0 aliphatic carbocycles. The number of fused-ring (bicyclic) bond motifs is 1. The van der Waals surface area contributed by atoms with E-state index in [1.165, 1.54) is 11.1 Å². The molecule has 158 valence electrons. The van der Waals surface area contributed by atoms with Crippen molar-refractivity contribution in [1.29, 1.82) is 0 Å². The predicted molar refractivity (Wildman–Crippen MR) is 113 cm³/mol. The minimum Gasteiger partial charge on any atom is -0.339 e. The van der Waals surface area contributed by atoms with Crippen molar-refractivity contribution in [3.05, 3.63) is 35.4 Å². The summed E-state index contributed by atoms with van der Waals surface area (Å²) in [7, 11) is 3.65. The van der Waals surface area contributed by atoms with E-state index >= 15 is 0 Å². The molecule has 0 spiro atoms. The number of nitrogens with one attached hydrogen (secondary N) is 1. The van der Waals surface area contributed by atoms with E-state index in [4.69, 9.17) is 0 Å². The second-order valence-corrected chi connectivity index (χ2v) is 8.88. The highest BCUT2D eigenvalue weighted by molar-refractivity contribution is 5.78. The Balaban J connectivity index is 1.50. The summed E-state index contributed by atoms with van der Waals surface area (Å²) in [5.41, 5.74) is 2.47. The highest BCUT2D eigenvalue weighted by Crippen LogP contribution is 2.46. The zero-order valence-corrected chi connectivity index (χ0v) is 17.8. The quantitative estimate of drug-likeness (QED) is 0.824. The zero-order valence-electron chi connectivity index (χ0n) is 17.8. The average Bonchev–Trinajstić information content (AvgIpc) is 3.25. The van der Waals surface area contributed by atoms with Gasteiger partial charge >= 0.3 is 6.03 Å².